The first kappa shape index (κ1) is 18.1. The number of anilines is 1. The lowest BCUT2D eigenvalue weighted by Crippen LogP contribution is -2.21. The number of benzene rings is 2. The van der Waals surface area contributed by atoms with Crippen molar-refractivity contribution in [2.75, 3.05) is 19.0 Å². The van der Waals surface area contributed by atoms with E-state index in [2.05, 4.69) is 5.32 Å². The van der Waals surface area contributed by atoms with Gasteiger partial charge in [-0.05, 0) is 55.2 Å². The number of halogens is 1. The standard InChI is InChI=1S/C22H21FN4O/c1-28-19-9-7-18(8-10-19)27-21(16-5-6-17(13-24)20(23)11-16)12-22(26-27)25-14-15-3-2-4-15/h5-12,15H,2-4,14H2,1H3,(H,25,26). The predicted octanol–water partition coefficient (Wildman–Crippen LogP) is 4.77. The maximum absolute atomic E-state index is 14.2. The highest BCUT2D eigenvalue weighted by Gasteiger charge is 2.19. The highest BCUT2D eigenvalue weighted by Crippen LogP contribution is 2.30. The van der Waals surface area contributed by atoms with Gasteiger partial charge in [-0.15, -0.1) is 5.10 Å². The lowest BCUT2D eigenvalue weighted by atomic mass is 9.85. The Bertz CT molecular complexity index is 1020. The number of nitrogens with zero attached hydrogens (tertiary/aromatic N) is 3. The fourth-order valence-electron chi connectivity index (χ4n) is 3.30. The minimum atomic E-state index is -0.536. The van der Waals surface area contributed by atoms with Crippen molar-refractivity contribution in [3.8, 4) is 28.8 Å². The molecule has 0 spiro atoms. The molecular weight excluding hydrogens is 355 g/mol. The highest BCUT2D eigenvalue weighted by molar-refractivity contribution is 5.67. The van der Waals surface area contributed by atoms with Gasteiger partial charge in [-0.3, -0.25) is 0 Å². The predicted molar refractivity (Wildman–Crippen MR) is 106 cm³/mol. The van der Waals surface area contributed by atoms with Crippen LogP contribution in [0.2, 0.25) is 0 Å². The maximum atomic E-state index is 14.2. The number of hydrogen-bond donors (Lipinski definition) is 1. The van der Waals surface area contributed by atoms with Gasteiger partial charge in [0.05, 0.1) is 24.1 Å². The Balaban J connectivity index is 1.72. The number of methoxy groups -OCH3 is 1. The van der Waals surface area contributed by atoms with Crippen LogP contribution in [0.4, 0.5) is 10.2 Å². The average Bonchev–Trinajstić information content (AvgIpc) is 3.11. The molecule has 0 radical (unpaired) electrons. The Labute approximate surface area is 163 Å². The summed E-state index contributed by atoms with van der Waals surface area (Å²) in [5.41, 5.74) is 2.29. The molecule has 0 atom stereocenters. The molecule has 0 unspecified atom stereocenters. The fourth-order valence-corrected chi connectivity index (χ4v) is 3.30. The number of aromatic nitrogens is 2. The van der Waals surface area contributed by atoms with Crippen molar-refractivity contribution in [1.29, 1.82) is 5.26 Å². The number of hydrogen-bond acceptors (Lipinski definition) is 4. The SMILES string of the molecule is COc1ccc(-n2nc(NCC3CCC3)cc2-c2ccc(C#N)c(F)c2)cc1. The Morgan fingerprint density at radius 3 is 2.61 bits per heavy atom. The molecule has 142 valence electrons. The lowest BCUT2D eigenvalue weighted by Gasteiger charge is -2.25. The summed E-state index contributed by atoms with van der Waals surface area (Å²) in [6.07, 6.45) is 3.79. The molecule has 1 N–H and O–H groups in total. The van der Waals surface area contributed by atoms with Crippen LogP contribution in [-0.4, -0.2) is 23.4 Å². The van der Waals surface area contributed by atoms with Crippen LogP contribution >= 0.6 is 0 Å². The topological polar surface area (TPSA) is 62.9 Å². The number of ether oxygens (including phenoxy) is 1. The van der Waals surface area contributed by atoms with E-state index in [0.29, 0.717) is 11.5 Å². The first-order valence-electron chi connectivity index (χ1n) is 9.36. The lowest BCUT2D eigenvalue weighted by molar-refractivity contribution is 0.333. The molecular formula is C22H21FN4O. The molecule has 6 heteroatoms. The number of rotatable bonds is 6. The van der Waals surface area contributed by atoms with Crippen molar-refractivity contribution in [1.82, 2.24) is 9.78 Å². The van der Waals surface area contributed by atoms with Crippen molar-refractivity contribution in [2.45, 2.75) is 19.3 Å². The summed E-state index contributed by atoms with van der Waals surface area (Å²) in [6, 6.07) is 15.9. The molecule has 0 saturated heterocycles. The molecule has 28 heavy (non-hydrogen) atoms. The Kier molecular flexibility index (Phi) is 4.98. The van der Waals surface area contributed by atoms with E-state index >= 15 is 0 Å². The first-order chi connectivity index (χ1) is 13.7. The summed E-state index contributed by atoms with van der Waals surface area (Å²) >= 11 is 0. The van der Waals surface area contributed by atoms with Gasteiger partial charge < -0.3 is 10.1 Å². The third-order valence-electron chi connectivity index (χ3n) is 5.21. The van der Waals surface area contributed by atoms with E-state index in [-0.39, 0.29) is 5.56 Å². The maximum Gasteiger partial charge on any atom is 0.149 e. The second kappa shape index (κ2) is 7.73. The Morgan fingerprint density at radius 2 is 2.00 bits per heavy atom. The molecule has 4 rings (SSSR count). The van der Waals surface area contributed by atoms with Crippen LogP contribution < -0.4 is 10.1 Å². The third-order valence-corrected chi connectivity index (χ3v) is 5.21. The largest absolute Gasteiger partial charge is 0.497 e. The quantitative estimate of drug-likeness (QED) is 0.673. The molecule has 1 saturated carbocycles. The van der Waals surface area contributed by atoms with Gasteiger partial charge in [0.25, 0.3) is 0 Å². The van der Waals surface area contributed by atoms with E-state index in [4.69, 9.17) is 15.1 Å². The summed E-state index contributed by atoms with van der Waals surface area (Å²) in [5.74, 6) is 1.67. The molecule has 0 aliphatic heterocycles. The van der Waals surface area contributed by atoms with Gasteiger partial charge in [0, 0.05) is 18.2 Å². The fraction of sp³-hybridized carbons (Fsp3) is 0.273. The van der Waals surface area contributed by atoms with E-state index in [1.807, 2.05) is 36.4 Å². The van der Waals surface area contributed by atoms with Crippen LogP contribution in [0.5, 0.6) is 5.75 Å². The molecule has 1 aliphatic rings. The summed E-state index contributed by atoms with van der Waals surface area (Å²) in [7, 11) is 1.62. The third kappa shape index (κ3) is 3.56. The molecule has 1 heterocycles. The molecule has 2 aromatic carbocycles. The summed E-state index contributed by atoms with van der Waals surface area (Å²) in [6.45, 7) is 0.890. The zero-order valence-corrected chi connectivity index (χ0v) is 15.7. The van der Waals surface area contributed by atoms with Crippen molar-refractivity contribution in [3.63, 3.8) is 0 Å². The molecule has 1 aliphatic carbocycles. The minimum absolute atomic E-state index is 0.0302. The van der Waals surface area contributed by atoms with Gasteiger partial charge in [0.15, 0.2) is 0 Å². The Hall–Kier alpha value is -3.33. The monoisotopic (exact) mass is 376 g/mol. The molecule has 3 aromatic rings. The zero-order valence-electron chi connectivity index (χ0n) is 15.7. The molecule has 1 fully saturated rings. The van der Waals surface area contributed by atoms with E-state index in [0.717, 1.165) is 29.5 Å². The van der Waals surface area contributed by atoms with Crippen LogP contribution in [0.1, 0.15) is 24.8 Å². The van der Waals surface area contributed by atoms with Gasteiger partial charge in [-0.2, -0.15) is 5.26 Å². The molecule has 5 nitrogen and oxygen atoms in total. The van der Waals surface area contributed by atoms with Crippen LogP contribution in [0.3, 0.4) is 0 Å². The number of nitriles is 1. The van der Waals surface area contributed by atoms with Crippen LogP contribution in [0.15, 0.2) is 48.5 Å². The van der Waals surface area contributed by atoms with Gasteiger partial charge >= 0.3 is 0 Å². The van der Waals surface area contributed by atoms with Crippen molar-refractivity contribution in [3.05, 3.63) is 59.9 Å². The molecule has 1 aromatic heterocycles. The van der Waals surface area contributed by atoms with E-state index in [9.17, 15) is 4.39 Å². The van der Waals surface area contributed by atoms with E-state index in [1.54, 1.807) is 17.9 Å². The second-order valence-corrected chi connectivity index (χ2v) is 7.01. The van der Waals surface area contributed by atoms with Gasteiger partial charge in [0.1, 0.15) is 23.5 Å². The van der Waals surface area contributed by atoms with Gasteiger partial charge in [-0.25, -0.2) is 9.07 Å². The van der Waals surface area contributed by atoms with Crippen LogP contribution in [0, 0.1) is 23.1 Å². The first-order valence-corrected chi connectivity index (χ1v) is 9.36. The van der Waals surface area contributed by atoms with Crippen molar-refractivity contribution < 1.29 is 9.13 Å². The van der Waals surface area contributed by atoms with Crippen LogP contribution in [0.25, 0.3) is 16.9 Å². The Morgan fingerprint density at radius 1 is 1.21 bits per heavy atom. The minimum Gasteiger partial charge on any atom is -0.497 e. The van der Waals surface area contributed by atoms with E-state index in [1.165, 1.54) is 31.4 Å². The second-order valence-electron chi connectivity index (χ2n) is 7.01. The van der Waals surface area contributed by atoms with Gasteiger partial charge in [0.2, 0.25) is 0 Å². The van der Waals surface area contributed by atoms with Gasteiger partial charge in [-0.1, -0.05) is 12.5 Å². The average molecular weight is 376 g/mol. The van der Waals surface area contributed by atoms with Crippen LogP contribution in [-0.2, 0) is 0 Å². The molecule has 0 bridgehead atoms. The zero-order chi connectivity index (χ0) is 19.5. The van der Waals surface area contributed by atoms with Crippen molar-refractivity contribution >= 4 is 5.82 Å². The molecule has 0 amide bonds. The summed E-state index contributed by atoms with van der Waals surface area (Å²) < 4.78 is 21.2. The summed E-state index contributed by atoms with van der Waals surface area (Å²) in [4.78, 5) is 0. The highest BCUT2D eigenvalue weighted by atomic mass is 19.1. The summed E-state index contributed by atoms with van der Waals surface area (Å²) in [5, 5.41) is 17.1. The van der Waals surface area contributed by atoms with Crippen molar-refractivity contribution in [2.24, 2.45) is 5.92 Å². The smallest absolute Gasteiger partial charge is 0.149 e. The van der Waals surface area contributed by atoms with E-state index < -0.39 is 5.82 Å². The number of nitrogens with one attached hydrogen (secondary N) is 1. The normalized spacial score (nSPS) is 13.6.